The van der Waals surface area contributed by atoms with Gasteiger partial charge in [-0.3, -0.25) is 0 Å². The molecule has 4 fully saturated rings. The molecule has 1 aromatic heterocycles. The standard InChI is InChI=1S/C48H47NOS/c1-46(2)19-20-47(3,4)41-27-34(13-16-38(41)46)49(33-15-18-45-37(26-33)36-9-5-8-12-44(36)51-45)35-14-17-40-43(28-35)50-42-11-7-6-10-39(42)48(40)31-22-29-21-30(24-31)25-32(48)23-29/h5-18,26-32H,19-25H2,1-4H3. The van der Waals surface area contributed by atoms with E-state index < -0.39 is 0 Å². The van der Waals surface area contributed by atoms with Crippen molar-refractivity contribution in [2.24, 2.45) is 23.7 Å². The highest BCUT2D eigenvalue weighted by Gasteiger charge is 2.61. The van der Waals surface area contributed by atoms with Crippen LogP contribution < -0.4 is 9.64 Å². The zero-order chi connectivity index (χ0) is 34.3. The normalized spacial score (nSPS) is 27.6. The topological polar surface area (TPSA) is 12.5 Å². The van der Waals surface area contributed by atoms with Gasteiger partial charge in [-0.25, -0.2) is 0 Å². The van der Waals surface area contributed by atoms with E-state index >= 15 is 0 Å². The van der Waals surface area contributed by atoms with Crippen molar-refractivity contribution in [2.45, 2.75) is 88.9 Å². The van der Waals surface area contributed by atoms with Gasteiger partial charge >= 0.3 is 0 Å². The Morgan fingerprint density at radius 1 is 0.529 bits per heavy atom. The average Bonchev–Trinajstić information content (AvgIpc) is 3.50. The lowest BCUT2D eigenvalue weighted by molar-refractivity contribution is -0.0452. The van der Waals surface area contributed by atoms with Gasteiger partial charge in [0, 0.05) is 59.8 Å². The van der Waals surface area contributed by atoms with E-state index in [1.54, 1.807) is 0 Å². The Bertz CT molecular complexity index is 2370. The van der Waals surface area contributed by atoms with Crippen molar-refractivity contribution in [3.05, 3.63) is 125 Å². The summed E-state index contributed by atoms with van der Waals surface area (Å²) < 4.78 is 9.69. The summed E-state index contributed by atoms with van der Waals surface area (Å²) in [7, 11) is 0. The highest BCUT2D eigenvalue weighted by atomic mass is 32.1. The number of anilines is 3. The van der Waals surface area contributed by atoms with Crippen LogP contribution in [0.4, 0.5) is 17.1 Å². The van der Waals surface area contributed by atoms with E-state index in [4.69, 9.17) is 4.74 Å². The van der Waals surface area contributed by atoms with Crippen LogP contribution in [0, 0.1) is 23.7 Å². The zero-order valence-corrected chi connectivity index (χ0v) is 31.2. The van der Waals surface area contributed by atoms with Crippen LogP contribution in [0.5, 0.6) is 11.5 Å². The third-order valence-corrected chi connectivity index (χ3v) is 15.5. The number of para-hydroxylation sites is 1. The first kappa shape index (κ1) is 30.5. The molecule has 0 unspecified atom stereocenters. The molecule has 0 atom stereocenters. The van der Waals surface area contributed by atoms with Crippen LogP contribution in [0.1, 0.15) is 94.9 Å². The number of hydrogen-bond acceptors (Lipinski definition) is 3. The molecule has 12 rings (SSSR count). The molecule has 2 nitrogen and oxygen atoms in total. The molecule has 1 aliphatic heterocycles. The summed E-state index contributed by atoms with van der Waals surface area (Å²) in [5, 5.41) is 2.66. The van der Waals surface area contributed by atoms with Crippen molar-refractivity contribution in [2.75, 3.05) is 4.90 Å². The van der Waals surface area contributed by atoms with E-state index in [-0.39, 0.29) is 16.2 Å². The summed E-state index contributed by atoms with van der Waals surface area (Å²) in [5.41, 5.74) is 9.79. The molecular weight excluding hydrogens is 639 g/mol. The Balaban J connectivity index is 1.12. The number of benzene rings is 5. The van der Waals surface area contributed by atoms with E-state index in [9.17, 15) is 0 Å². The lowest BCUT2D eigenvalue weighted by atomic mass is 9.42. The fourth-order valence-electron chi connectivity index (χ4n) is 12.1. The van der Waals surface area contributed by atoms with Crippen LogP contribution in [-0.2, 0) is 16.2 Å². The lowest BCUT2D eigenvalue weighted by Crippen LogP contribution is -2.56. The minimum absolute atomic E-state index is 0.0525. The van der Waals surface area contributed by atoms with Gasteiger partial charge in [0.1, 0.15) is 11.5 Å². The van der Waals surface area contributed by atoms with E-state index in [2.05, 4.69) is 136 Å². The monoisotopic (exact) mass is 685 g/mol. The van der Waals surface area contributed by atoms with Gasteiger partial charge < -0.3 is 9.64 Å². The second-order valence-electron chi connectivity index (χ2n) is 18.1. The van der Waals surface area contributed by atoms with Gasteiger partial charge in [0.25, 0.3) is 0 Å². The molecule has 0 amide bonds. The molecule has 0 N–H and O–H groups in total. The van der Waals surface area contributed by atoms with Gasteiger partial charge in [0.2, 0.25) is 0 Å². The van der Waals surface area contributed by atoms with E-state index in [1.807, 2.05) is 11.3 Å². The summed E-state index contributed by atoms with van der Waals surface area (Å²) >= 11 is 1.89. The summed E-state index contributed by atoms with van der Waals surface area (Å²) in [5.74, 6) is 5.34. The lowest BCUT2D eigenvalue weighted by Gasteiger charge is -2.63. The summed E-state index contributed by atoms with van der Waals surface area (Å²) in [6, 6.07) is 39.6. The fourth-order valence-corrected chi connectivity index (χ4v) is 13.1. The molecule has 3 heteroatoms. The van der Waals surface area contributed by atoms with Gasteiger partial charge in [0.15, 0.2) is 0 Å². The number of rotatable bonds is 3. The summed E-state index contributed by atoms with van der Waals surface area (Å²) in [6.07, 6.45) is 9.33. The maximum absolute atomic E-state index is 7.01. The predicted molar refractivity (Wildman–Crippen MR) is 214 cm³/mol. The second kappa shape index (κ2) is 10.5. The van der Waals surface area contributed by atoms with Crippen molar-refractivity contribution < 1.29 is 4.74 Å². The number of nitrogens with zero attached hydrogens (tertiary/aromatic N) is 1. The van der Waals surface area contributed by atoms with Gasteiger partial charge in [-0.2, -0.15) is 0 Å². The molecule has 256 valence electrons. The first-order chi connectivity index (χ1) is 24.7. The van der Waals surface area contributed by atoms with Crippen molar-refractivity contribution in [3.63, 3.8) is 0 Å². The molecule has 0 saturated heterocycles. The van der Waals surface area contributed by atoms with Crippen molar-refractivity contribution >= 4 is 48.6 Å². The molecule has 5 aliphatic carbocycles. The van der Waals surface area contributed by atoms with Crippen molar-refractivity contribution in [3.8, 4) is 11.5 Å². The van der Waals surface area contributed by atoms with Gasteiger partial charge in [-0.15, -0.1) is 11.3 Å². The molecule has 51 heavy (non-hydrogen) atoms. The highest BCUT2D eigenvalue weighted by Crippen LogP contribution is 2.69. The van der Waals surface area contributed by atoms with E-state index in [0.29, 0.717) is 11.8 Å². The molecule has 2 heterocycles. The Kier molecular flexibility index (Phi) is 6.29. The summed E-state index contributed by atoms with van der Waals surface area (Å²) in [4.78, 5) is 2.51. The minimum atomic E-state index is 0.0525. The SMILES string of the molecule is CC1(C)CCC(C)(C)c2cc(N(c3ccc4c(c3)Oc3ccccc3C43C4CC5CC(C4)CC3C5)c3ccc4sc5ccccc5c4c3)ccc21. The molecule has 5 aromatic carbocycles. The van der Waals surface area contributed by atoms with Gasteiger partial charge in [0.05, 0.1) is 0 Å². The molecule has 1 spiro atoms. The number of fused-ring (bicyclic) bond motifs is 6. The molecule has 0 radical (unpaired) electrons. The molecule has 6 aromatic rings. The number of hydrogen-bond donors (Lipinski definition) is 0. The number of thiophene rings is 1. The van der Waals surface area contributed by atoms with E-state index in [1.165, 1.54) is 104 Å². The van der Waals surface area contributed by atoms with Gasteiger partial charge in [-0.1, -0.05) is 76.2 Å². The quantitative estimate of drug-likeness (QED) is 0.184. The number of ether oxygens (including phenoxy) is 1. The third-order valence-electron chi connectivity index (χ3n) is 14.4. The summed E-state index contributed by atoms with van der Waals surface area (Å²) in [6.45, 7) is 9.72. The van der Waals surface area contributed by atoms with Crippen molar-refractivity contribution in [1.29, 1.82) is 0 Å². The fraction of sp³-hybridized carbons (Fsp3) is 0.375. The Labute approximate surface area is 306 Å². The highest BCUT2D eigenvalue weighted by molar-refractivity contribution is 7.25. The van der Waals surface area contributed by atoms with E-state index in [0.717, 1.165) is 23.3 Å². The third kappa shape index (κ3) is 4.28. The van der Waals surface area contributed by atoms with Crippen LogP contribution in [0.25, 0.3) is 20.2 Å². The van der Waals surface area contributed by atoms with Crippen LogP contribution >= 0.6 is 11.3 Å². The Morgan fingerprint density at radius 2 is 1.12 bits per heavy atom. The first-order valence-electron chi connectivity index (χ1n) is 19.5. The zero-order valence-electron chi connectivity index (χ0n) is 30.3. The van der Waals surface area contributed by atoms with Crippen LogP contribution in [0.3, 0.4) is 0 Å². The molecular formula is C48H47NOS. The van der Waals surface area contributed by atoms with Crippen LogP contribution in [0.2, 0.25) is 0 Å². The first-order valence-corrected chi connectivity index (χ1v) is 20.3. The average molecular weight is 686 g/mol. The largest absolute Gasteiger partial charge is 0.457 e. The van der Waals surface area contributed by atoms with Crippen molar-refractivity contribution in [1.82, 2.24) is 0 Å². The van der Waals surface area contributed by atoms with Crippen LogP contribution in [0.15, 0.2) is 103 Å². The molecule has 6 aliphatic rings. The molecule has 4 saturated carbocycles. The minimum Gasteiger partial charge on any atom is -0.457 e. The van der Waals surface area contributed by atoms with Gasteiger partial charge in [-0.05, 0) is 139 Å². The maximum Gasteiger partial charge on any atom is 0.133 e. The smallest absolute Gasteiger partial charge is 0.133 e. The maximum atomic E-state index is 7.01. The Hall–Kier alpha value is -4.08. The molecule has 4 bridgehead atoms. The predicted octanol–water partition coefficient (Wildman–Crippen LogP) is 13.7. The second-order valence-corrected chi connectivity index (χ2v) is 19.1. The Morgan fingerprint density at radius 3 is 1.90 bits per heavy atom. The van der Waals surface area contributed by atoms with Crippen LogP contribution in [-0.4, -0.2) is 0 Å².